The Morgan fingerprint density at radius 3 is 1.19 bits per heavy atom. The van der Waals surface area contributed by atoms with Gasteiger partial charge >= 0.3 is 56.7 Å². The summed E-state index contributed by atoms with van der Waals surface area (Å²) in [7, 11) is 0. The van der Waals surface area contributed by atoms with E-state index in [1.165, 1.54) is 12.8 Å². The Labute approximate surface area is 227 Å². The summed E-state index contributed by atoms with van der Waals surface area (Å²) in [5, 5.41) is 41.6. The Kier molecular flexibility index (Phi) is 18.8. The van der Waals surface area contributed by atoms with Gasteiger partial charge in [0.05, 0.1) is 23.9 Å². The van der Waals surface area contributed by atoms with Crippen molar-refractivity contribution >= 4 is 45.0 Å². The van der Waals surface area contributed by atoms with Crippen LogP contribution in [-0.2, 0) is 32.0 Å². The standard InChI is InChI=1S/2C11H10O4.2C3H7.Sn.2H/c2*12-10(13)7-9(11(14)15)6-8-4-2-1-3-5-8;2*1-3-2;;;/h2*1-5,7H,6H2,(H,12,13)(H,14,15);2*1,3H2,2H3;;;/q;;;;+4;;/p-4/b2*9-7-;;;;;. The molecule has 0 fully saturated rings. The molecule has 0 aliphatic heterocycles. The van der Waals surface area contributed by atoms with Gasteiger partial charge in [0.15, 0.2) is 0 Å². The normalized spacial score (nSPS) is 10.8. The van der Waals surface area contributed by atoms with Gasteiger partial charge in [0, 0.05) is 0 Å². The molecule has 0 aliphatic carbocycles. The topological polar surface area (TPSA) is 161 Å². The molecule has 9 heteroatoms. The minimum Gasteiger partial charge on any atom is -0.545 e. The van der Waals surface area contributed by atoms with Gasteiger partial charge in [-0.05, 0) is 47.3 Å². The van der Waals surface area contributed by atoms with Crippen molar-refractivity contribution in [3.05, 3.63) is 95.1 Å². The SMILES string of the molecule is CC[CH2][SnH2+4][CH2]CC.O=C([O-])/C=C(/Cc1ccccc1)C(=O)[O-].O=C([O-])/C=C(/Cc1ccccc1)C(=O)[O-]. The van der Waals surface area contributed by atoms with Gasteiger partial charge < -0.3 is 39.6 Å². The van der Waals surface area contributed by atoms with Crippen LogP contribution in [0.3, 0.4) is 0 Å². The van der Waals surface area contributed by atoms with Crippen LogP contribution in [-0.4, -0.2) is 45.0 Å². The molecule has 0 aliphatic rings. The number of hydrogen-bond acceptors (Lipinski definition) is 8. The van der Waals surface area contributed by atoms with Gasteiger partial charge in [-0.2, -0.15) is 0 Å². The summed E-state index contributed by atoms with van der Waals surface area (Å²) in [4.78, 5) is 41.6. The van der Waals surface area contributed by atoms with E-state index in [1.807, 2.05) is 0 Å². The maximum Gasteiger partial charge on any atom is 0.0678 e. The van der Waals surface area contributed by atoms with E-state index in [0.717, 1.165) is 0 Å². The minimum absolute atomic E-state index is 0.0111. The number of carbonyl (C=O) groups excluding carboxylic acids is 4. The molecule has 0 heterocycles. The fourth-order valence-electron chi connectivity index (χ4n) is 2.96. The van der Waals surface area contributed by atoms with E-state index in [4.69, 9.17) is 0 Å². The van der Waals surface area contributed by atoms with Crippen LogP contribution in [0.25, 0.3) is 0 Å². The van der Waals surface area contributed by atoms with Crippen molar-refractivity contribution in [3.63, 3.8) is 0 Å². The Bertz CT molecular complexity index is 947. The summed E-state index contributed by atoms with van der Waals surface area (Å²) in [6, 6.07) is 17.3. The first-order valence-electron chi connectivity index (χ1n) is 11.9. The second kappa shape index (κ2) is 20.8. The first-order chi connectivity index (χ1) is 17.6. The van der Waals surface area contributed by atoms with Crippen LogP contribution in [0.4, 0.5) is 0 Å². The second-order valence-electron chi connectivity index (χ2n) is 7.94. The summed E-state index contributed by atoms with van der Waals surface area (Å²) >= 11 is -0.114. The van der Waals surface area contributed by atoms with E-state index >= 15 is 0 Å². The summed E-state index contributed by atoms with van der Waals surface area (Å²) in [5.74, 6) is -6.07. The minimum atomic E-state index is -1.54. The molecule has 2 aromatic carbocycles. The molecule has 0 saturated carbocycles. The molecule has 37 heavy (non-hydrogen) atoms. The molecule has 0 saturated heterocycles. The molecule has 0 N–H and O–H groups in total. The third-order valence-electron chi connectivity index (χ3n) is 4.79. The third kappa shape index (κ3) is 18.5. The van der Waals surface area contributed by atoms with E-state index in [1.54, 1.807) is 69.5 Å². The van der Waals surface area contributed by atoms with E-state index in [0.29, 0.717) is 23.3 Å². The van der Waals surface area contributed by atoms with Crippen LogP contribution in [0.15, 0.2) is 84.0 Å². The quantitative estimate of drug-likeness (QED) is 0.169. The second-order valence-corrected chi connectivity index (χ2v) is 14.0. The number of carboxylic acid groups (broad SMARTS) is 4. The van der Waals surface area contributed by atoms with Crippen molar-refractivity contribution in [2.75, 3.05) is 0 Å². The Morgan fingerprint density at radius 1 is 0.622 bits per heavy atom. The molecule has 0 spiro atoms. The summed E-state index contributed by atoms with van der Waals surface area (Å²) in [5.41, 5.74) is 0.797. The van der Waals surface area contributed by atoms with Gasteiger partial charge in [-0.1, -0.05) is 60.7 Å². The monoisotopic (exact) mass is 616 g/mol. The number of benzene rings is 2. The van der Waals surface area contributed by atoms with Gasteiger partial charge in [-0.25, -0.2) is 0 Å². The molecule has 0 amide bonds. The largest absolute Gasteiger partial charge is 0.545 e. The van der Waals surface area contributed by atoms with Gasteiger partial charge in [-0.3, -0.25) is 0 Å². The molecule has 196 valence electrons. The van der Waals surface area contributed by atoms with Crippen LogP contribution < -0.4 is 20.4 Å². The number of aliphatic carboxylic acids is 4. The van der Waals surface area contributed by atoms with Crippen molar-refractivity contribution < 1.29 is 39.6 Å². The molecular weight excluding hydrogens is 583 g/mol. The van der Waals surface area contributed by atoms with Gasteiger partial charge in [0.1, 0.15) is 0 Å². The molecule has 8 nitrogen and oxygen atoms in total. The van der Waals surface area contributed by atoms with Crippen LogP contribution in [0.2, 0.25) is 8.87 Å². The molecule has 0 bridgehead atoms. The molecule has 0 aromatic heterocycles. The molecule has 2 rings (SSSR count). The van der Waals surface area contributed by atoms with Crippen molar-refractivity contribution in [3.8, 4) is 0 Å². The maximum absolute atomic E-state index is 10.6. The number of rotatable bonds is 12. The van der Waals surface area contributed by atoms with Gasteiger partial charge in [0.2, 0.25) is 0 Å². The first kappa shape index (κ1) is 33.6. The Morgan fingerprint density at radius 2 is 0.946 bits per heavy atom. The smallest absolute Gasteiger partial charge is 0.0678 e. The summed E-state index contributed by atoms with van der Waals surface area (Å²) in [6.45, 7) is 4.60. The Balaban J connectivity index is 0.000000563. The summed E-state index contributed by atoms with van der Waals surface area (Å²) in [6.07, 6.45) is 4.02. The van der Waals surface area contributed by atoms with E-state index in [2.05, 4.69) is 13.8 Å². The van der Waals surface area contributed by atoms with Crippen LogP contribution in [0, 0.1) is 0 Å². The van der Waals surface area contributed by atoms with E-state index in [-0.39, 0.29) is 45.1 Å². The van der Waals surface area contributed by atoms with Crippen LogP contribution >= 0.6 is 0 Å². The third-order valence-corrected chi connectivity index (χ3v) is 11.7. The predicted molar refractivity (Wildman–Crippen MR) is 135 cm³/mol. The molecule has 0 atom stereocenters. The maximum atomic E-state index is 10.6. The molecule has 4 radical (unpaired) electrons. The summed E-state index contributed by atoms with van der Waals surface area (Å²) < 4.78 is 3.27. The average Bonchev–Trinajstić information content (AvgIpc) is 2.85. The van der Waals surface area contributed by atoms with Crippen molar-refractivity contribution in [2.24, 2.45) is 0 Å². The predicted octanol–water partition coefficient (Wildman–Crippen LogP) is -0.878. The van der Waals surface area contributed by atoms with Gasteiger partial charge in [-0.15, -0.1) is 0 Å². The zero-order chi connectivity index (χ0) is 28.1. The molecule has 0 unspecified atom stereocenters. The number of carbonyl (C=O) groups is 4. The van der Waals surface area contributed by atoms with Gasteiger partial charge in [0.25, 0.3) is 0 Å². The van der Waals surface area contributed by atoms with Crippen LogP contribution in [0.1, 0.15) is 37.8 Å². The fourth-order valence-corrected chi connectivity index (χ4v) is 6.82. The Hall–Kier alpha value is -3.40. The zero-order valence-corrected chi connectivity index (χ0v) is 25.2. The van der Waals surface area contributed by atoms with Crippen molar-refractivity contribution in [1.29, 1.82) is 0 Å². The first-order valence-corrected chi connectivity index (χ1v) is 17.6. The fraction of sp³-hybridized carbons (Fsp3) is 0.286. The molecular formula is C28H32O8Sn. The average molecular weight is 615 g/mol. The van der Waals surface area contributed by atoms with Crippen molar-refractivity contribution in [2.45, 2.75) is 48.4 Å². The molecule has 2 aromatic rings. The van der Waals surface area contributed by atoms with E-state index in [9.17, 15) is 39.6 Å². The number of hydrogen-bond donors (Lipinski definition) is 0. The van der Waals surface area contributed by atoms with Crippen molar-refractivity contribution in [1.82, 2.24) is 0 Å². The van der Waals surface area contributed by atoms with Crippen LogP contribution in [0.5, 0.6) is 0 Å². The zero-order valence-electron chi connectivity index (χ0n) is 21.1. The number of carboxylic acids is 4. The van der Waals surface area contributed by atoms with E-state index < -0.39 is 23.9 Å².